The second kappa shape index (κ2) is 10.2. The Labute approximate surface area is 185 Å². The number of nitrogens with zero attached hydrogens (tertiary/aromatic N) is 1. The zero-order valence-corrected chi connectivity index (χ0v) is 18.5. The lowest BCUT2D eigenvalue weighted by Gasteiger charge is -2.33. The van der Waals surface area contributed by atoms with Crippen molar-refractivity contribution in [2.75, 3.05) is 24.7 Å². The largest absolute Gasteiger partial charge is 0.463 e. The van der Waals surface area contributed by atoms with Crippen LogP contribution in [0.3, 0.4) is 0 Å². The summed E-state index contributed by atoms with van der Waals surface area (Å²) in [6.07, 6.45) is 0. The van der Waals surface area contributed by atoms with Gasteiger partial charge >= 0.3 is 12.0 Å². The lowest BCUT2D eigenvalue weighted by Crippen LogP contribution is -2.46. The Morgan fingerprint density at radius 1 is 1.16 bits per heavy atom. The topological polar surface area (TPSA) is 87.7 Å². The van der Waals surface area contributed by atoms with Crippen molar-refractivity contribution in [2.24, 2.45) is 0 Å². The van der Waals surface area contributed by atoms with Gasteiger partial charge in [-0.2, -0.15) is 0 Å². The van der Waals surface area contributed by atoms with Crippen LogP contribution >= 0.6 is 11.8 Å². The van der Waals surface area contributed by atoms with Crippen LogP contribution < -0.4 is 10.6 Å². The van der Waals surface area contributed by atoms with E-state index in [2.05, 4.69) is 10.6 Å². The average Bonchev–Trinajstić information content (AvgIpc) is 2.77. The Kier molecular flexibility index (Phi) is 7.36. The summed E-state index contributed by atoms with van der Waals surface area (Å²) in [5.41, 5.74) is 2.16. The van der Waals surface area contributed by atoms with Crippen molar-refractivity contribution in [3.8, 4) is 0 Å². The molecule has 31 heavy (non-hydrogen) atoms. The number of hydrogen-bond acceptors (Lipinski definition) is 5. The van der Waals surface area contributed by atoms with Gasteiger partial charge in [-0.15, -0.1) is 11.8 Å². The van der Waals surface area contributed by atoms with E-state index in [-0.39, 0.29) is 24.3 Å². The summed E-state index contributed by atoms with van der Waals surface area (Å²) >= 11 is 1.45. The molecule has 7 nitrogen and oxygen atoms in total. The number of allylic oxidation sites excluding steroid dienone is 1. The van der Waals surface area contributed by atoms with Gasteiger partial charge in [0.15, 0.2) is 0 Å². The molecule has 0 saturated carbocycles. The maximum absolute atomic E-state index is 12.6. The molecule has 3 amide bonds. The van der Waals surface area contributed by atoms with Crippen molar-refractivity contribution in [3.05, 3.63) is 71.4 Å². The maximum atomic E-state index is 12.6. The normalized spacial score (nSPS) is 16.0. The summed E-state index contributed by atoms with van der Waals surface area (Å²) in [5.74, 6) is -0.354. The van der Waals surface area contributed by atoms with Gasteiger partial charge in [0.2, 0.25) is 5.91 Å². The molecule has 3 rings (SSSR count). The summed E-state index contributed by atoms with van der Waals surface area (Å²) in [6.45, 7) is 3.68. The molecule has 8 heteroatoms. The molecule has 1 aliphatic heterocycles. The molecule has 1 atom stereocenters. The molecule has 2 aromatic rings. The molecule has 2 aromatic carbocycles. The smallest absolute Gasteiger partial charge is 0.338 e. The van der Waals surface area contributed by atoms with E-state index in [0.29, 0.717) is 22.5 Å². The van der Waals surface area contributed by atoms with Crippen LogP contribution in [0, 0.1) is 0 Å². The number of nitrogens with one attached hydrogen (secondary N) is 2. The number of thioether (sulfide) groups is 1. The molecular formula is C23H25N3O4S. The van der Waals surface area contributed by atoms with Gasteiger partial charge in [-0.3, -0.25) is 4.79 Å². The minimum Gasteiger partial charge on any atom is -0.463 e. The predicted molar refractivity (Wildman–Crippen MR) is 121 cm³/mol. The third kappa shape index (κ3) is 5.46. The van der Waals surface area contributed by atoms with E-state index in [1.165, 1.54) is 16.7 Å². The van der Waals surface area contributed by atoms with E-state index in [0.717, 1.165) is 4.90 Å². The summed E-state index contributed by atoms with van der Waals surface area (Å²) in [4.78, 5) is 39.7. The Morgan fingerprint density at radius 3 is 2.61 bits per heavy atom. The molecule has 0 saturated heterocycles. The minimum atomic E-state index is -0.668. The predicted octanol–water partition coefficient (Wildman–Crippen LogP) is 3.95. The van der Waals surface area contributed by atoms with Crippen molar-refractivity contribution in [3.63, 3.8) is 0 Å². The molecule has 0 spiro atoms. The van der Waals surface area contributed by atoms with E-state index in [9.17, 15) is 14.4 Å². The minimum absolute atomic E-state index is 0.143. The van der Waals surface area contributed by atoms with Gasteiger partial charge in [0.25, 0.3) is 0 Å². The monoisotopic (exact) mass is 439 g/mol. The molecule has 1 aliphatic rings. The SMILES string of the molecule is CCOC(=O)C1=C(C)N(C)C(=O)NC1c1cccc(NC(=O)CSc2ccccc2)c1. The Bertz CT molecular complexity index is 1010. The Hall–Kier alpha value is -3.26. The molecule has 2 N–H and O–H groups in total. The highest BCUT2D eigenvalue weighted by Gasteiger charge is 2.35. The fraction of sp³-hybridized carbons (Fsp3) is 0.261. The molecule has 0 fully saturated rings. The zero-order chi connectivity index (χ0) is 22.4. The Morgan fingerprint density at radius 2 is 1.90 bits per heavy atom. The quantitative estimate of drug-likeness (QED) is 0.504. The van der Waals surface area contributed by atoms with Crippen LogP contribution in [-0.4, -0.2) is 42.2 Å². The number of rotatable bonds is 7. The lowest BCUT2D eigenvalue weighted by atomic mass is 9.94. The molecule has 162 valence electrons. The fourth-order valence-corrected chi connectivity index (χ4v) is 3.94. The molecule has 1 unspecified atom stereocenters. The summed E-state index contributed by atoms with van der Waals surface area (Å²) in [6, 6.07) is 15.8. The molecule has 0 radical (unpaired) electrons. The molecule has 0 aliphatic carbocycles. The van der Waals surface area contributed by atoms with Crippen molar-refractivity contribution >= 4 is 35.4 Å². The van der Waals surface area contributed by atoms with E-state index < -0.39 is 12.0 Å². The van der Waals surface area contributed by atoms with Crippen LogP contribution in [0.15, 0.2) is 70.8 Å². The maximum Gasteiger partial charge on any atom is 0.338 e. The first-order valence-corrected chi connectivity index (χ1v) is 10.9. The highest BCUT2D eigenvalue weighted by Crippen LogP contribution is 2.31. The zero-order valence-electron chi connectivity index (χ0n) is 17.7. The summed E-state index contributed by atoms with van der Waals surface area (Å²) in [7, 11) is 1.60. The number of benzene rings is 2. The van der Waals surface area contributed by atoms with Gasteiger partial charge < -0.3 is 20.3 Å². The van der Waals surface area contributed by atoms with Crippen molar-refractivity contribution in [1.82, 2.24) is 10.2 Å². The van der Waals surface area contributed by atoms with Crippen LogP contribution in [0.4, 0.5) is 10.5 Å². The molecular weight excluding hydrogens is 414 g/mol. The number of carbonyl (C=O) groups is 3. The first kappa shape index (κ1) is 22.4. The number of anilines is 1. The number of amides is 3. The average molecular weight is 440 g/mol. The molecule has 0 bridgehead atoms. The first-order valence-electron chi connectivity index (χ1n) is 9.90. The number of ether oxygens (including phenoxy) is 1. The van der Waals surface area contributed by atoms with Crippen molar-refractivity contribution in [1.29, 1.82) is 0 Å². The lowest BCUT2D eigenvalue weighted by molar-refractivity contribution is -0.139. The van der Waals surface area contributed by atoms with Gasteiger partial charge in [-0.25, -0.2) is 9.59 Å². The van der Waals surface area contributed by atoms with Crippen LogP contribution in [0.1, 0.15) is 25.5 Å². The molecule has 1 heterocycles. The summed E-state index contributed by atoms with van der Waals surface area (Å²) in [5, 5.41) is 5.72. The molecule has 0 aromatic heterocycles. The number of hydrogen-bond donors (Lipinski definition) is 2. The standard InChI is InChI=1S/C23H25N3O4S/c1-4-30-22(28)20-15(2)26(3)23(29)25-21(20)16-9-8-10-17(13-16)24-19(27)14-31-18-11-6-5-7-12-18/h5-13,21H,4,14H2,1-3H3,(H,24,27)(H,25,29). The van der Waals surface area contributed by atoms with Crippen molar-refractivity contribution in [2.45, 2.75) is 24.8 Å². The van der Waals surface area contributed by atoms with Crippen LogP contribution in [0.2, 0.25) is 0 Å². The third-order valence-corrected chi connectivity index (χ3v) is 5.88. The fourth-order valence-electron chi connectivity index (χ4n) is 3.22. The van der Waals surface area contributed by atoms with E-state index in [1.54, 1.807) is 45.2 Å². The van der Waals surface area contributed by atoms with Crippen LogP contribution in [-0.2, 0) is 14.3 Å². The number of carbonyl (C=O) groups excluding carboxylic acids is 3. The van der Waals surface area contributed by atoms with Gasteiger partial charge in [-0.05, 0) is 43.7 Å². The van der Waals surface area contributed by atoms with Crippen LogP contribution in [0.5, 0.6) is 0 Å². The van der Waals surface area contributed by atoms with Gasteiger partial charge in [0.05, 0.1) is 24.0 Å². The second-order valence-electron chi connectivity index (χ2n) is 6.94. The summed E-state index contributed by atoms with van der Waals surface area (Å²) < 4.78 is 5.21. The first-order chi connectivity index (χ1) is 14.9. The van der Waals surface area contributed by atoms with E-state index >= 15 is 0 Å². The van der Waals surface area contributed by atoms with Gasteiger partial charge in [-0.1, -0.05) is 30.3 Å². The number of esters is 1. The van der Waals surface area contributed by atoms with Crippen molar-refractivity contribution < 1.29 is 19.1 Å². The van der Waals surface area contributed by atoms with Gasteiger partial charge in [0, 0.05) is 23.3 Å². The van der Waals surface area contributed by atoms with E-state index in [1.807, 2.05) is 30.3 Å². The highest BCUT2D eigenvalue weighted by atomic mass is 32.2. The number of urea groups is 1. The second-order valence-corrected chi connectivity index (χ2v) is 7.99. The highest BCUT2D eigenvalue weighted by molar-refractivity contribution is 8.00. The van der Waals surface area contributed by atoms with Gasteiger partial charge in [0.1, 0.15) is 0 Å². The Balaban J connectivity index is 1.78. The van der Waals surface area contributed by atoms with E-state index in [4.69, 9.17) is 4.74 Å². The van der Waals surface area contributed by atoms with Crippen LogP contribution in [0.25, 0.3) is 0 Å². The third-order valence-electron chi connectivity index (χ3n) is 4.87.